The molecular formula is C20H18N4O3. The number of nitrogens with zero attached hydrogens (tertiary/aromatic N) is 2. The normalized spacial score (nSPS) is 10.4. The van der Waals surface area contributed by atoms with Gasteiger partial charge in [-0.3, -0.25) is 14.4 Å². The second kappa shape index (κ2) is 7.65. The van der Waals surface area contributed by atoms with Gasteiger partial charge in [-0.25, -0.2) is 4.68 Å². The topological polar surface area (TPSA) is 93.1 Å². The summed E-state index contributed by atoms with van der Waals surface area (Å²) in [5, 5.41) is 10.3. The number of carbonyl (C=O) groups excluding carboxylic acids is 2. The average Bonchev–Trinajstić information content (AvgIpc) is 2.69. The Morgan fingerprint density at radius 3 is 2.48 bits per heavy atom. The van der Waals surface area contributed by atoms with Crippen molar-refractivity contribution in [2.45, 2.75) is 0 Å². The van der Waals surface area contributed by atoms with Crippen LogP contribution >= 0.6 is 0 Å². The Hall–Kier alpha value is -3.74. The van der Waals surface area contributed by atoms with Crippen LogP contribution in [0.5, 0.6) is 0 Å². The molecule has 7 heteroatoms. The number of carbonyl (C=O) groups is 2. The van der Waals surface area contributed by atoms with Crippen LogP contribution in [0.2, 0.25) is 0 Å². The number of aryl methyl sites for hydroxylation is 1. The highest BCUT2D eigenvalue weighted by atomic mass is 16.2. The molecule has 0 aliphatic carbocycles. The second-order valence-corrected chi connectivity index (χ2v) is 5.82. The lowest BCUT2D eigenvalue weighted by Gasteiger charge is -2.12. The van der Waals surface area contributed by atoms with E-state index in [0.717, 1.165) is 4.68 Å². The van der Waals surface area contributed by atoms with Gasteiger partial charge in [-0.1, -0.05) is 36.4 Å². The first-order valence-electron chi connectivity index (χ1n) is 8.28. The SMILES string of the molecule is C=CCNC(=O)c1ccccc1NC(=O)c1nn(C)c(=O)c2ccccc12. The molecule has 0 saturated heterocycles. The highest BCUT2D eigenvalue weighted by molar-refractivity contribution is 6.13. The molecule has 0 saturated carbocycles. The molecule has 2 aromatic carbocycles. The van der Waals surface area contributed by atoms with Crippen LogP contribution in [0.25, 0.3) is 10.8 Å². The largest absolute Gasteiger partial charge is 0.349 e. The molecule has 2 N–H and O–H groups in total. The predicted octanol–water partition coefficient (Wildman–Crippen LogP) is 2.10. The van der Waals surface area contributed by atoms with Gasteiger partial charge >= 0.3 is 0 Å². The van der Waals surface area contributed by atoms with Crippen LogP contribution in [-0.2, 0) is 7.05 Å². The molecule has 3 rings (SSSR count). The summed E-state index contributed by atoms with van der Waals surface area (Å²) in [6.45, 7) is 3.87. The van der Waals surface area contributed by atoms with Gasteiger partial charge in [0.15, 0.2) is 5.69 Å². The molecule has 27 heavy (non-hydrogen) atoms. The van der Waals surface area contributed by atoms with Gasteiger partial charge in [-0.15, -0.1) is 6.58 Å². The lowest BCUT2D eigenvalue weighted by Crippen LogP contribution is -2.27. The van der Waals surface area contributed by atoms with Gasteiger partial charge in [-0.05, 0) is 18.2 Å². The molecule has 0 unspecified atom stereocenters. The quantitative estimate of drug-likeness (QED) is 0.680. The van der Waals surface area contributed by atoms with Crippen molar-refractivity contribution in [1.82, 2.24) is 15.1 Å². The molecule has 0 fully saturated rings. The third kappa shape index (κ3) is 3.62. The van der Waals surface area contributed by atoms with Crippen LogP contribution < -0.4 is 16.2 Å². The van der Waals surface area contributed by atoms with Crippen LogP contribution in [0.1, 0.15) is 20.8 Å². The van der Waals surface area contributed by atoms with Crippen molar-refractivity contribution in [3.8, 4) is 0 Å². The van der Waals surface area contributed by atoms with Gasteiger partial charge in [0.1, 0.15) is 0 Å². The Morgan fingerprint density at radius 1 is 1.07 bits per heavy atom. The molecule has 1 heterocycles. The summed E-state index contributed by atoms with van der Waals surface area (Å²) in [6, 6.07) is 13.4. The minimum absolute atomic E-state index is 0.106. The maximum Gasteiger partial charge on any atom is 0.276 e. The fourth-order valence-corrected chi connectivity index (χ4v) is 2.70. The number of anilines is 1. The van der Waals surface area contributed by atoms with Crippen molar-refractivity contribution in [2.75, 3.05) is 11.9 Å². The van der Waals surface area contributed by atoms with E-state index in [9.17, 15) is 14.4 Å². The number of para-hydroxylation sites is 1. The lowest BCUT2D eigenvalue weighted by atomic mass is 10.1. The fourth-order valence-electron chi connectivity index (χ4n) is 2.70. The summed E-state index contributed by atoms with van der Waals surface area (Å²) >= 11 is 0. The maximum absolute atomic E-state index is 12.8. The Kier molecular flexibility index (Phi) is 5.12. The molecule has 3 aromatic rings. The Labute approximate surface area is 155 Å². The number of aromatic nitrogens is 2. The van der Waals surface area contributed by atoms with Gasteiger partial charge in [0.25, 0.3) is 17.4 Å². The summed E-state index contributed by atoms with van der Waals surface area (Å²) in [4.78, 5) is 37.3. The first-order valence-corrected chi connectivity index (χ1v) is 8.28. The van der Waals surface area contributed by atoms with E-state index in [1.807, 2.05) is 0 Å². The molecule has 0 aliphatic rings. The van der Waals surface area contributed by atoms with E-state index < -0.39 is 5.91 Å². The zero-order chi connectivity index (χ0) is 19.4. The van der Waals surface area contributed by atoms with Gasteiger partial charge in [-0.2, -0.15) is 5.10 Å². The van der Waals surface area contributed by atoms with Gasteiger partial charge in [0, 0.05) is 19.0 Å². The second-order valence-electron chi connectivity index (χ2n) is 5.82. The molecule has 0 bridgehead atoms. The minimum atomic E-state index is -0.509. The third-order valence-electron chi connectivity index (χ3n) is 4.00. The van der Waals surface area contributed by atoms with Crippen LogP contribution in [0.4, 0.5) is 5.69 Å². The van der Waals surface area contributed by atoms with E-state index in [2.05, 4.69) is 22.3 Å². The lowest BCUT2D eigenvalue weighted by molar-refractivity contribution is 0.0959. The summed E-state index contributed by atoms with van der Waals surface area (Å²) < 4.78 is 1.12. The molecule has 136 valence electrons. The fraction of sp³-hybridized carbons (Fsp3) is 0.100. The number of hydrogen-bond acceptors (Lipinski definition) is 4. The van der Waals surface area contributed by atoms with Crippen molar-refractivity contribution in [3.63, 3.8) is 0 Å². The van der Waals surface area contributed by atoms with Gasteiger partial charge in [0.05, 0.1) is 16.6 Å². The molecule has 0 spiro atoms. The monoisotopic (exact) mass is 362 g/mol. The van der Waals surface area contributed by atoms with Crippen molar-refractivity contribution in [3.05, 3.63) is 82.8 Å². The van der Waals surface area contributed by atoms with Crippen LogP contribution in [0, 0.1) is 0 Å². The summed E-state index contributed by atoms with van der Waals surface area (Å²) in [6.07, 6.45) is 1.57. The van der Waals surface area contributed by atoms with Gasteiger partial charge in [0.2, 0.25) is 0 Å². The van der Waals surface area contributed by atoms with Crippen molar-refractivity contribution in [2.24, 2.45) is 7.05 Å². The van der Waals surface area contributed by atoms with E-state index in [0.29, 0.717) is 28.6 Å². The van der Waals surface area contributed by atoms with E-state index in [-0.39, 0.29) is 17.2 Å². The Balaban J connectivity index is 1.99. The zero-order valence-corrected chi connectivity index (χ0v) is 14.7. The Bertz CT molecular complexity index is 1100. The van der Waals surface area contributed by atoms with E-state index >= 15 is 0 Å². The first-order chi connectivity index (χ1) is 13.0. The smallest absolute Gasteiger partial charge is 0.276 e. The standard InChI is InChI=1S/C20H18N4O3/c1-3-12-21-18(25)15-10-6-7-11-16(15)22-19(26)17-13-8-4-5-9-14(13)20(27)24(2)23-17/h3-11H,1,12H2,2H3,(H,21,25)(H,22,26). The van der Waals surface area contributed by atoms with E-state index in [4.69, 9.17) is 0 Å². The minimum Gasteiger partial charge on any atom is -0.349 e. The number of hydrogen-bond donors (Lipinski definition) is 2. The number of benzene rings is 2. The molecule has 0 radical (unpaired) electrons. The molecule has 0 atom stereocenters. The maximum atomic E-state index is 12.8. The molecule has 1 aromatic heterocycles. The summed E-state index contributed by atoms with van der Waals surface area (Å²) in [5.74, 6) is -0.838. The average molecular weight is 362 g/mol. The zero-order valence-electron chi connectivity index (χ0n) is 14.7. The predicted molar refractivity (Wildman–Crippen MR) is 104 cm³/mol. The molecule has 0 aliphatic heterocycles. The van der Waals surface area contributed by atoms with Crippen molar-refractivity contribution >= 4 is 28.3 Å². The number of rotatable bonds is 5. The Morgan fingerprint density at radius 2 is 1.74 bits per heavy atom. The van der Waals surface area contributed by atoms with Crippen LogP contribution in [0.3, 0.4) is 0 Å². The van der Waals surface area contributed by atoms with Crippen molar-refractivity contribution < 1.29 is 9.59 Å². The third-order valence-corrected chi connectivity index (χ3v) is 4.00. The summed E-state index contributed by atoms with van der Waals surface area (Å²) in [5.41, 5.74) is 0.492. The van der Waals surface area contributed by atoms with Crippen LogP contribution in [0.15, 0.2) is 66.0 Å². The highest BCUT2D eigenvalue weighted by Gasteiger charge is 2.18. The van der Waals surface area contributed by atoms with E-state index in [1.54, 1.807) is 54.6 Å². The molecule has 7 nitrogen and oxygen atoms in total. The molecular weight excluding hydrogens is 344 g/mol. The highest BCUT2D eigenvalue weighted by Crippen LogP contribution is 2.18. The van der Waals surface area contributed by atoms with Crippen molar-refractivity contribution in [1.29, 1.82) is 0 Å². The summed E-state index contributed by atoms with van der Waals surface area (Å²) in [7, 11) is 1.49. The number of amides is 2. The number of fused-ring (bicyclic) bond motifs is 1. The number of nitrogens with one attached hydrogen (secondary N) is 2. The first kappa shape index (κ1) is 18.1. The van der Waals surface area contributed by atoms with Gasteiger partial charge < -0.3 is 10.6 Å². The molecule has 2 amide bonds. The van der Waals surface area contributed by atoms with Crippen LogP contribution in [-0.4, -0.2) is 28.1 Å². The van der Waals surface area contributed by atoms with E-state index in [1.165, 1.54) is 7.05 Å².